The van der Waals surface area contributed by atoms with Gasteiger partial charge in [0, 0.05) is 5.56 Å². The lowest BCUT2D eigenvalue weighted by Crippen LogP contribution is -1.80. The van der Waals surface area contributed by atoms with Crippen LogP contribution in [0.3, 0.4) is 0 Å². The predicted molar refractivity (Wildman–Crippen MR) is 102 cm³/mol. The fourth-order valence-electron chi connectivity index (χ4n) is 1.80. The highest BCUT2D eigenvalue weighted by Crippen LogP contribution is 2.31. The smallest absolute Gasteiger partial charge is 0.124 e. The topological polar surface area (TPSA) is 12.9 Å². The molecule has 0 aliphatic carbocycles. The summed E-state index contributed by atoms with van der Waals surface area (Å²) in [5.41, 5.74) is 3.61. The van der Waals surface area contributed by atoms with Gasteiger partial charge in [0.05, 0.1) is 10.2 Å². The van der Waals surface area contributed by atoms with E-state index in [-0.39, 0.29) is 0 Å². The summed E-state index contributed by atoms with van der Waals surface area (Å²) in [6.07, 6.45) is 2.64. The summed E-state index contributed by atoms with van der Waals surface area (Å²) < 4.78 is 1.25. The Labute approximate surface area is 139 Å². The van der Waals surface area contributed by atoms with Crippen LogP contribution in [-0.2, 0) is 0 Å². The van der Waals surface area contributed by atoms with Crippen LogP contribution in [0.5, 0.6) is 0 Å². The molecule has 0 aliphatic rings. The second-order valence-electron chi connectivity index (χ2n) is 4.80. The number of para-hydroxylation sites is 1. The van der Waals surface area contributed by atoms with Gasteiger partial charge in [-0.1, -0.05) is 76.9 Å². The number of unbranched alkanes of at least 4 members (excludes halogenated alkanes) is 1. The third-order valence-electron chi connectivity index (χ3n) is 3.17. The molecule has 0 aliphatic heterocycles. The third kappa shape index (κ3) is 4.96. The molecule has 3 rings (SSSR count). The highest BCUT2D eigenvalue weighted by Gasteiger charge is 2.06. The van der Waals surface area contributed by atoms with E-state index in [2.05, 4.69) is 68.2 Å². The van der Waals surface area contributed by atoms with Gasteiger partial charge in [0.25, 0.3) is 0 Å². The maximum Gasteiger partial charge on any atom is 0.124 e. The molecule has 22 heavy (non-hydrogen) atoms. The Bertz CT molecular complexity index is 635. The summed E-state index contributed by atoms with van der Waals surface area (Å²) in [4.78, 5) is 4.66. The van der Waals surface area contributed by atoms with Crippen LogP contribution in [-0.4, -0.2) is 4.98 Å². The van der Waals surface area contributed by atoms with Gasteiger partial charge < -0.3 is 0 Å². The van der Waals surface area contributed by atoms with Crippen LogP contribution >= 0.6 is 11.3 Å². The van der Waals surface area contributed by atoms with Gasteiger partial charge in [-0.25, -0.2) is 4.98 Å². The molecule has 3 aromatic rings. The van der Waals surface area contributed by atoms with E-state index in [0.29, 0.717) is 0 Å². The lowest BCUT2D eigenvalue weighted by Gasteiger charge is -1.99. The number of aryl methyl sites for hydroxylation is 1. The molecule has 0 saturated carbocycles. The fourth-order valence-corrected chi connectivity index (χ4v) is 2.86. The normalized spacial score (nSPS) is 9.50. The van der Waals surface area contributed by atoms with E-state index in [9.17, 15) is 0 Å². The van der Waals surface area contributed by atoms with Gasteiger partial charge in [0.15, 0.2) is 0 Å². The average Bonchev–Trinajstić information content (AvgIpc) is 3.01. The first-order valence-corrected chi connectivity index (χ1v) is 8.99. The van der Waals surface area contributed by atoms with Gasteiger partial charge in [-0.3, -0.25) is 0 Å². The second-order valence-corrected chi connectivity index (χ2v) is 5.83. The summed E-state index contributed by atoms with van der Waals surface area (Å²) >= 11 is 1.75. The molecule has 0 N–H and O–H groups in total. The molecule has 0 atom stereocenters. The van der Waals surface area contributed by atoms with E-state index in [0.717, 1.165) is 10.5 Å². The molecule has 0 unspecified atom stereocenters. The number of fused-ring (bicyclic) bond motifs is 1. The van der Waals surface area contributed by atoms with Crippen LogP contribution in [0.15, 0.2) is 48.5 Å². The Morgan fingerprint density at radius 3 is 2.05 bits per heavy atom. The Morgan fingerprint density at radius 1 is 0.864 bits per heavy atom. The zero-order chi connectivity index (χ0) is 16.4. The van der Waals surface area contributed by atoms with Crippen LogP contribution < -0.4 is 0 Å². The number of aromatic nitrogens is 1. The number of thiazole rings is 1. The quantitative estimate of drug-likeness (QED) is 0.491. The molecule has 0 spiro atoms. The Hall–Kier alpha value is -1.67. The van der Waals surface area contributed by atoms with Crippen molar-refractivity contribution in [2.75, 3.05) is 0 Å². The fraction of sp³-hybridized carbons (Fsp3) is 0.350. The summed E-state index contributed by atoms with van der Waals surface area (Å²) in [5.74, 6) is 0. The molecule has 0 saturated heterocycles. The molecule has 0 bridgehead atoms. The minimum absolute atomic E-state index is 1.09. The van der Waals surface area contributed by atoms with Crippen molar-refractivity contribution in [2.45, 2.75) is 47.5 Å². The zero-order valence-electron chi connectivity index (χ0n) is 14.4. The van der Waals surface area contributed by atoms with Crippen LogP contribution in [0.1, 0.15) is 46.1 Å². The van der Waals surface area contributed by atoms with E-state index >= 15 is 0 Å². The standard InChI is InChI=1S/C14H11NS.C4H10.C2H6/c1-10-6-2-3-7-11(10)14-15-12-8-4-5-9-13(12)16-14;1-3-4-2;1-2/h2-9H,1H3;3-4H2,1-2H3;1-2H3. The minimum atomic E-state index is 1.09. The van der Waals surface area contributed by atoms with E-state index in [1.165, 1.54) is 28.7 Å². The van der Waals surface area contributed by atoms with E-state index in [1.54, 1.807) is 11.3 Å². The molecule has 0 fully saturated rings. The van der Waals surface area contributed by atoms with E-state index in [1.807, 2.05) is 19.9 Å². The lowest BCUT2D eigenvalue weighted by atomic mass is 10.1. The minimum Gasteiger partial charge on any atom is -0.236 e. The maximum absolute atomic E-state index is 4.66. The first-order chi connectivity index (χ1) is 10.8. The molecule has 1 heterocycles. The summed E-state index contributed by atoms with van der Waals surface area (Å²) in [7, 11) is 0. The van der Waals surface area contributed by atoms with Gasteiger partial charge in [-0.05, 0) is 24.6 Å². The maximum atomic E-state index is 4.66. The third-order valence-corrected chi connectivity index (χ3v) is 4.24. The van der Waals surface area contributed by atoms with Gasteiger partial charge in [0.2, 0.25) is 0 Å². The van der Waals surface area contributed by atoms with Crippen LogP contribution in [0.4, 0.5) is 0 Å². The molecule has 118 valence electrons. The van der Waals surface area contributed by atoms with E-state index in [4.69, 9.17) is 0 Å². The van der Waals surface area contributed by atoms with Crippen molar-refractivity contribution in [1.29, 1.82) is 0 Å². The van der Waals surface area contributed by atoms with Crippen LogP contribution in [0.25, 0.3) is 20.8 Å². The van der Waals surface area contributed by atoms with Crippen molar-refractivity contribution >= 4 is 21.6 Å². The van der Waals surface area contributed by atoms with Crippen LogP contribution in [0.2, 0.25) is 0 Å². The van der Waals surface area contributed by atoms with Crippen molar-refractivity contribution in [3.05, 3.63) is 54.1 Å². The Balaban J connectivity index is 0.000000354. The molecule has 0 radical (unpaired) electrons. The zero-order valence-corrected chi connectivity index (χ0v) is 15.2. The average molecular weight is 314 g/mol. The predicted octanol–water partition coefficient (Wildman–Crippen LogP) is 7.10. The highest BCUT2D eigenvalue weighted by atomic mass is 32.1. The second kappa shape index (κ2) is 10.1. The number of nitrogens with zero attached hydrogens (tertiary/aromatic N) is 1. The largest absolute Gasteiger partial charge is 0.236 e. The molecule has 1 nitrogen and oxygen atoms in total. The van der Waals surface area contributed by atoms with Gasteiger partial charge in [-0.15, -0.1) is 11.3 Å². The van der Waals surface area contributed by atoms with Crippen molar-refractivity contribution < 1.29 is 0 Å². The molecule has 2 aromatic carbocycles. The van der Waals surface area contributed by atoms with Gasteiger partial charge in [0.1, 0.15) is 5.01 Å². The summed E-state index contributed by atoms with van der Waals surface area (Å²) in [5, 5.41) is 1.11. The van der Waals surface area contributed by atoms with Crippen molar-refractivity contribution in [2.24, 2.45) is 0 Å². The molecule has 1 aromatic heterocycles. The van der Waals surface area contributed by atoms with Crippen molar-refractivity contribution in [1.82, 2.24) is 4.98 Å². The highest BCUT2D eigenvalue weighted by molar-refractivity contribution is 7.21. The summed E-state index contributed by atoms with van der Waals surface area (Å²) in [6.45, 7) is 10.5. The lowest BCUT2D eigenvalue weighted by molar-refractivity contribution is 0.886. The summed E-state index contributed by atoms with van der Waals surface area (Å²) in [6, 6.07) is 16.7. The molecular formula is C20H27NS. The first-order valence-electron chi connectivity index (χ1n) is 8.17. The molecule has 0 amide bonds. The SMILES string of the molecule is CC.CCCC.Cc1ccccc1-c1nc2ccccc2s1. The monoisotopic (exact) mass is 313 g/mol. The number of hydrogen-bond acceptors (Lipinski definition) is 2. The molecule has 2 heteroatoms. The molecular weight excluding hydrogens is 286 g/mol. The number of benzene rings is 2. The van der Waals surface area contributed by atoms with Gasteiger partial charge in [-0.2, -0.15) is 0 Å². The Morgan fingerprint density at radius 2 is 1.45 bits per heavy atom. The van der Waals surface area contributed by atoms with E-state index < -0.39 is 0 Å². The van der Waals surface area contributed by atoms with Gasteiger partial charge >= 0.3 is 0 Å². The van der Waals surface area contributed by atoms with Crippen LogP contribution in [0, 0.1) is 6.92 Å². The number of rotatable bonds is 2. The Kier molecular flexibility index (Phi) is 8.46. The first kappa shape index (κ1) is 18.4. The van der Waals surface area contributed by atoms with Crippen molar-refractivity contribution in [3.63, 3.8) is 0 Å². The van der Waals surface area contributed by atoms with Crippen molar-refractivity contribution in [3.8, 4) is 10.6 Å². The number of hydrogen-bond donors (Lipinski definition) is 0.